The lowest BCUT2D eigenvalue weighted by molar-refractivity contribution is -0.0151. The van der Waals surface area contributed by atoms with Gasteiger partial charge in [-0.05, 0) is 0 Å². The van der Waals surface area contributed by atoms with Gasteiger partial charge in [0, 0.05) is 0 Å². The first-order valence-corrected chi connectivity index (χ1v) is 5.05. The molecule has 2 rings (SSSR count). The molecule has 0 aromatic carbocycles. The fourth-order valence-corrected chi connectivity index (χ4v) is 2.09. The molecule has 0 aromatic rings. The summed E-state index contributed by atoms with van der Waals surface area (Å²) in [6.45, 7) is 0.313. The molecule has 0 aromatic heterocycles. The lowest BCUT2D eigenvalue weighted by atomic mass is 10.7. The summed E-state index contributed by atoms with van der Waals surface area (Å²) in [5.74, 6) is 0. The van der Waals surface area contributed by atoms with Crippen molar-refractivity contribution in [3.63, 3.8) is 0 Å². The van der Waals surface area contributed by atoms with E-state index in [0.29, 0.717) is 0 Å². The first-order chi connectivity index (χ1) is 6.18. The van der Waals surface area contributed by atoms with Crippen molar-refractivity contribution < 1.29 is 32.4 Å². The topological polar surface area (TPSA) is 80.3 Å². The van der Waals surface area contributed by atoms with E-state index in [1.165, 1.54) is 0 Å². The number of hydrogen-bond donors (Lipinski definition) is 0. The Balaban J connectivity index is 1.90. The molecule has 0 aliphatic carbocycles. The summed E-state index contributed by atoms with van der Waals surface area (Å²) < 4.78 is 34.4. The molecule has 2 heterocycles. The number of phosphoric acid groups is 1. The summed E-state index contributed by atoms with van der Waals surface area (Å²) in [5.41, 5.74) is 0. The summed E-state index contributed by atoms with van der Waals surface area (Å²) in [7, 11) is -3.50. The van der Waals surface area contributed by atoms with E-state index in [4.69, 9.17) is 13.6 Å². The van der Waals surface area contributed by atoms with Gasteiger partial charge in [-0.25, -0.2) is 13.9 Å². The van der Waals surface area contributed by atoms with Crippen molar-refractivity contribution in [3.05, 3.63) is 0 Å². The minimum absolute atomic E-state index is 0.102. The molecule has 2 aliphatic rings. The number of phosphoric ester groups is 1. The molecule has 1 unspecified atom stereocenters. The molecule has 0 N–H and O–H groups in total. The highest BCUT2D eigenvalue weighted by atomic mass is 31.2. The molecule has 2 aliphatic heterocycles. The van der Waals surface area contributed by atoms with Crippen LogP contribution in [0.5, 0.6) is 0 Å². The lowest BCUT2D eigenvalue weighted by Crippen LogP contribution is -2.13. The third-order valence-electron chi connectivity index (χ3n) is 1.39. The van der Waals surface area contributed by atoms with Gasteiger partial charge in [-0.1, -0.05) is 0 Å². The number of carbonyl (C=O) groups excluding carboxylic acids is 1. The highest BCUT2D eigenvalue weighted by Crippen LogP contribution is 2.54. The van der Waals surface area contributed by atoms with Gasteiger partial charge >= 0.3 is 14.0 Å². The molecule has 0 saturated carbocycles. The van der Waals surface area contributed by atoms with Gasteiger partial charge in [0.15, 0.2) is 6.61 Å². The molecule has 74 valence electrons. The number of hydrogen-bond acceptors (Lipinski definition) is 7. The molecule has 2 fully saturated rings. The molecule has 8 heteroatoms. The molecular formula is C5H7O7P. The van der Waals surface area contributed by atoms with Gasteiger partial charge in [0.25, 0.3) is 6.29 Å². The second kappa shape index (κ2) is 3.26. The first kappa shape index (κ1) is 8.96. The van der Waals surface area contributed by atoms with Crippen molar-refractivity contribution in [3.8, 4) is 0 Å². The van der Waals surface area contributed by atoms with E-state index >= 15 is 0 Å². The lowest BCUT2D eigenvalue weighted by Gasteiger charge is -2.11. The number of rotatable bonds is 2. The fourth-order valence-electron chi connectivity index (χ4n) is 0.904. The second-order valence-electron chi connectivity index (χ2n) is 2.33. The van der Waals surface area contributed by atoms with E-state index in [1.807, 2.05) is 0 Å². The van der Waals surface area contributed by atoms with Crippen LogP contribution in [-0.2, 0) is 27.6 Å². The zero-order chi connectivity index (χ0) is 9.31. The van der Waals surface area contributed by atoms with Crippen LogP contribution in [0.1, 0.15) is 0 Å². The monoisotopic (exact) mass is 210 g/mol. The molecule has 7 nitrogen and oxygen atoms in total. The van der Waals surface area contributed by atoms with Gasteiger partial charge in [0.1, 0.15) is 0 Å². The second-order valence-corrected chi connectivity index (χ2v) is 3.95. The van der Waals surface area contributed by atoms with Crippen molar-refractivity contribution in [1.82, 2.24) is 0 Å². The van der Waals surface area contributed by atoms with Gasteiger partial charge in [0.2, 0.25) is 0 Å². The Morgan fingerprint density at radius 1 is 1.38 bits per heavy atom. The Morgan fingerprint density at radius 2 is 2.08 bits per heavy atom. The van der Waals surface area contributed by atoms with Crippen LogP contribution in [0.2, 0.25) is 0 Å². The molecule has 0 radical (unpaired) electrons. The summed E-state index contributed by atoms with van der Waals surface area (Å²) in [4.78, 5) is 10.4. The Kier molecular flexibility index (Phi) is 2.25. The largest absolute Gasteiger partial charge is 0.510 e. The van der Waals surface area contributed by atoms with Crippen LogP contribution in [0.4, 0.5) is 4.79 Å². The maximum atomic E-state index is 11.4. The summed E-state index contributed by atoms with van der Waals surface area (Å²) in [5, 5.41) is 0. The van der Waals surface area contributed by atoms with Crippen LogP contribution in [0, 0.1) is 0 Å². The molecule has 1 atom stereocenters. The maximum Gasteiger partial charge on any atom is 0.510 e. The Labute approximate surface area is 73.5 Å². The van der Waals surface area contributed by atoms with Crippen molar-refractivity contribution in [2.45, 2.75) is 6.29 Å². The highest BCUT2D eigenvalue weighted by molar-refractivity contribution is 7.48. The van der Waals surface area contributed by atoms with Crippen molar-refractivity contribution >= 4 is 14.0 Å². The van der Waals surface area contributed by atoms with Crippen LogP contribution in [0.3, 0.4) is 0 Å². The minimum atomic E-state index is -3.50. The van der Waals surface area contributed by atoms with E-state index in [1.54, 1.807) is 0 Å². The van der Waals surface area contributed by atoms with Crippen LogP contribution in [0.25, 0.3) is 0 Å². The average molecular weight is 210 g/mol. The van der Waals surface area contributed by atoms with E-state index in [9.17, 15) is 9.36 Å². The summed E-state index contributed by atoms with van der Waals surface area (Å²) in [6.07, 6.45) is -1.85. The van der Waals surface area contributed by atoms with Crippen molar-refractivity contribution in [2.24, 2.45) is 0 Å². The number of cyclic esters (lactones) is 2. The molecule has 0 bridgehead atoms. The van der Waals surface area contributed by atoms with Gasteiger partial charge < -0.3 is 9.47 Å². The van der Waals surface area contributed by atoms with E-state index in [-0.39, 0.29) is 19.8 Å². The van der Waals surface area contributed by atoms with Crippen LogP contribution in [-0.4, -0.2) is 32.3 Å². The summed E-state index contributed by atoms with van der Waals surface area (Å²) in [6, 6.07) is 0. The SMILES string of the molecule is O=C1OCC(OP2(=O)OCCO2)O1. The smallest absolute Gasteiger partial charge is 0.428 e. The Bertz CT molecular complexity index is 254. The molecule has 13 heavy (non-hydrogen) atoms. The van der Waals surface area contributed by atoms with Crippen LogP contribution < -0.4 is 0 Å². The van der Waals surface area contributed by atoms with Crippen molar-refractivity contribution in [2.75, 3.05) is 19.8 Å². The van der Waals surface area contributed by atoms with E-state index < -0.39 is 20.3 Å². The van der Waals surface area contributed by atoms with E-state index in [0.717, 1.165) is 0 Å². The maximum absolute atomic E-state index is 11.4. The average Bonchev–Trinajstić information content (AvgIpc) is 2.62. The van der Waals surface area contributed by atoms with Crippen molar-refractivity contribution in [1.29, 1.82) is 0 Å². The van der Waals surface area contributed by atoms with Gasteiger partial charge in [-0.15, -0.1) is 0 Å². The third kappa shape index (κ3) is 2.00. The molecule has 2 saturated heterocycles. The Hall–Kier alpha value is -0.620. The first-order valence-electron chi connectivity index (χ1n) is 3.59. The fraction of sp³-hybridized carbons (Fsp3) is 0.800. The standard InChI is InChI=1S/C5H7O7P/c6-5-8-3-4(11-5)12-13(7)9-1-2-10-13/h4H,1-3H2. The van der Waals surface area contributed by atoms with Gasteiger partial charge in [-0.2, -0.15) is 0 Å². The molecular weight excluding hydrogens is 203 g/mol. The van der Waals surface area contributed by atoms with Crippen LogP contribution >= 0.6 is 7.82 Å². The number of carbonyl (C=O) groups is 1. The predicted molar refractivity (Wildman–Crippen MR) is 36.8 cm³/mol. The molecule has 0 amide bonds. The van der Waals surface area contributed by atoms with E-state index in [2.05, 4.69) is 9.47 Å². The zero-order valence-corrected chi connectivity index (χ0v) is 7.40. The normalized spacial score (nSPS) is 31.4. The quantitative estimate of drug-likeness (QED) is 0.488. The Morgan fingerprint density at radius 3 is 2.62 bits per heavy atom. The zero-order valence-electron chi connectivity index (χ0n) is 6.50. The predicted octanol–water partition coefficient (Wildman–Crippen LogP) is 0.651. The number of ether oxygens (including phenoxy) is 2. The third-order valence-corrected chi connectivity index (χ3v) is 2.88. The summed E-state index contributed by atoms with van der Waals surface area (Å²) >= 11 is 0. The van der Waals surface area contributed by atoms with Gasteiger partial charge in [0.05, 0.1) is 13.2 Å². The van der Waals surface area contributed by atoms with Crippen LogP contribution in [0.15, 0.2) is 0 Å². The highest BCUT2D eigenvalue weighted by Gasteiger charge is 2.39. The molecule has 0 spiro atoms. The minimum Gasteiger partial charge on any atom is -0.428 e. The van der Waals surface area contributed by atoms with Gasteiger partial charge in [-0.3, -0.25) is 9.05 Å².